The van der Waals surface area contributed by atoms with Gasteiger partial charge < -0.3 is 14.5 Å². The molecule has 0 bridgehead atoms. The van der Waals surface area contributed by atoms with E-state index in [1.165, 1.54) is 4.90 Å². The maximum absolute atomic E-state index is 13.2. The molecule has 0 aliphatic carbocycles. The Bertz CT molecular complexity index is 1040. The van der Waals surface area contributed by atoms with E-state index in [1.54, 1.807) is 12.1 Å². The molecule has 1 N–H and O–H groups in total. The quantitative estimate of drug-likeness (QED) is 0.624. The Morgan fingerprint density at radius 1 is 1.06 bits per heavy atom. The number of fused-ring (bicyclic) bond motifs is 1. The molecule has 3 saturated heterocycles. The summed E-state index contributed by atoms with van der Waals surface area (Å²) in [6, 6.07) is 4.64. The topological polar surface area (TPSA) is 99.3 Å². The molecule has 5 rings (SSSR count). The zero-order chi connectivity index (χ0) is 25.4. The van der Waals surface area contributed by atoms with Crippen molar-refractivity contribution in [2.24, 2.45) is 5.92 Å². The number of carbonyl (C=O) groups excluding carboxylic acids is 4. The van der Waals surface area contributed by atoms with Crippen LogP contribution in [0.1, 0.15) is 72.2 Å². The average Bonchev–Trinajstić information content (AvgIpc) is 3.17. The lowest BCUT2D eigenvalue weighted by Gasteiger charge is -2.37. The fourth-order valence-corrected chi connectivity index (χ4v) is 6.13. The molecular formula is C27H36N4O5. The fourth-order valence-electron chi connectivity index (χ4n) is 6.13. The minimum absolute atomic E-state index is 0.0423. The van der Waals surface area contributed by atoms with E-state index in [-0.39, 0.29) is 36.4 Å². The number of carbonyl (C=O) groups is 4. The summed E-state index contributed by atoms with van der Waals surface area (Å²) in [7, 11) is 0. The van der Waals surface area contributed by atoms with E-state index in [0.29, 0.717) is 30.0 Å². The van der Waals surface area contributed by atoms with Gasteiger partial charge in [0.15, 0.2) is 0 Å². The zero-order valence-electron chi connectivity index (χ0n) is 21.2. The van der Waals surface area contributed by atoms with Crippen LogP contribution < -0.4 is 5.32 Å². The molecule has 0 radical (unpaired) electrons. The third-order valence-corrected chi connectivity index (χ3v) is 8.03. The lowest BCUT2D eigenvalue weighted by Crippen LogP contribution is -2.52. The number of nitrogens with zero attached hydrogens (tertiary/aromatic N) is 3. The predicted molar refractivity (Wildman–Crippen MR) is 132 cm³/mol. The summed E-state index contributed by atoms with van der Waals surface area (Å²) in [5.74, 6) is -0.406. The Morgan fingerprint density at radius 3 is 2.47 bits per heavy atom. The second kappa shape index (κ2) is 10.3. The van der Waals surface area contributed by atoms with Crippen LogP contribution in [0, 0.1) is 5.92 Å². The number of nitrogens with one attached hydrogen (secondary N) is 1. The van der Waals surface area contributed by atoms with Crippen molar-refractivity contribution < 1.29 is 23.9 Å². The van der Waals surface area contributed by atoms with E-state index in [4.69, 9.17) is 4.74 Å². The smallest absolute Gasteiger partial charge is 0.255 e. The van der Waals surface area contributed by atoms with Crippen LogP contribution in [-0.2, 0) is 20.9 Å². The molecule has 0 saturated carbocycles. The van der Waals surface area contributed by atoms with Gasteiger partial charge >= 0.3 is 0 Å². The number of likely N-dealkylation sites (tertiary alicyclic amines) is 1. The molecule has 1 aromatic carbocycles. The Morgan fingerprint density at radius 2 is 1.78 bits per heavy atom. The van der Waals surface area contributed by atoms with Crippen molar-refractivity contribution in [1.82, 2.24) is 20.0 Å². The Balaban J connectivity index is 1.15. The van der Waals surface area contributed by atoms with Crippen LogP contribution in [0.15, 0.2) is 18.2 Å². The normalized spacial score (nSPS) is 27.8. The van der Waals surface area contributed by atoms with Crippen LogP contribution in [0.3, 0.4) is 0 Å². The number of piperidine rings is 2. The summed E-state index contributed by atoms with van der Waals surface area (Å²) >= 11 is 0. The summed E-state index contributed by atoms with van der Waals surface area (Å²) < 4.78 is 5.83. The van der Waals surface area contributed by atoms with Crippen molar-refractivity contribution >= 4 is 23.6 Å². The van der Waals surface area contributed by atoms with Crippen LogP contribution in [0.5, 0.6) is 0 Å². The van der Waals surface area contributed by atoms with Gasteiger partial charge in [0.2, 0.25) is 11.8 Å². The van der Waals surface area contributed by atoms with Gasteiger partial charge in [0, 0.05) is 50.3 Å². The van der Waals surface area contributed by atoms with Gasteiger partial charge in [-0.25, -0.2) is 0 Å². The zero-order valence-corrected chi connectivity index (χ0v) is 21.2. The first kappa shape index (κ1) is 24.9. The van der Waals surface area contributed by atoms with Crippen molar-refractivity contribution in [2.75, 3.05) is 32.7 Å². The van der Waals surface area contributed by atoms with Crippen molar-refractivity contribution in [1.29, 1.82) is 0 Å². The molecule has 0 spiro atoms. The van der Waals surface area contributed by atoms with Gasteiger partial charge in [-0.2, -0.15) is 0 Å². The van der Waals surface area contributed by atoms with Crippen LogP contribution in [0.25, 0.3) is 0 Å². The molecule has 9 heteroatoms. The minimum atomic E-state index is -0.648. The summed E-state index contributed by atoms with van der Waals surface area (Å²) in [4.78, 5) is 56.0. The van der Waals surface area contributed by atoms with E-state index in [1.807, 2.05) is 11.0 Å². The Hall–Kier alpha value is -2.78. The number of rotatable bonds is 5. The van der Waals surface area contributed by atoms with E-state index >= 15 is 0 Å². The van der Waals surface area contributed by atoms with Crippen LogP contribution in [-0.4, -0.2) is 89.3 Å². The monoisotopic (exact) mass is 496 g/mol. The molecule has 4 aliphatic rings. The first-order chi connectivity index (χ1) is 17.3. The standard InChI is InChI=1S/C27H36N4O5/c1-17-14-29(15-18(2)36-17)10-7-19-8-11-30(12-9-19)26(34)20-3-4-21-16-31(27(35)22(21)13-20)23-5-6-24(32)28-25(23)33/h3-4,13,17-19,23H,5-12,14-16H2,1-2H3,(H,28,32,33)/t17-,18+,23?. The molecule has 1 unspecified atom stereocenters. The van der Waals surface area contributed by atoms with Crippen molar-refractivity contribution in [3.63, 3.8) is 0 Å². The van der Waals surface area contributed by atoms with Gasteiger partial charge in [-0.3, -0.25) is 29.4 Å². The van der Waals surface area contributed by atoms with Crippen LogP contribution in [0.2, 0.25) is 0 Å². The molecule has 4 amide bonds. The SMILES string of the molecule is C[C@@H]1CN(CCC2CCN(C(=O)c3ccc4c(c3)C(=O)N(C3CCC(=O)NC3=O)C4)CC2)C[C@H](C)O1. The van der Waals surface area contributed by atoms with Crippen molar-refractivity contribution in [2.45, 2.75) is 70.7 Å². The summed E-state index contributed by atoms with van der Waals surface area (Å²) in [5.41, 5.74) is 1.81. The number of hydrogen-bond donors (Lipinski definition) is 1. The largest absolute Gasteiger partial charge is 0.373 e. The van der Waals surface area contributed by atoms with Gasteiger partial charge in [-0.15, -0.1) is 0 Å². The third kappa shape index (κ3) is 5.18. The van der Waals surface area contributed by atoms with Crippen LogP contribution >= 0.6 is 0 Å². The highest BCUT2D eigenvalue weighted by Crippen LogP contribution is 2.29. The molecule has 0 aromatic heterocycles. The number of benzene rings is 1. The molecule has 1 aromatic rings. The molecule has 36 heavy (non-hydrogen) atoms. The highest BCUT2D eigenvalue weighted by atomic mass is 16.5. The molecule has 9 nitrogen and oxygen atoms in total. The second-order valence-corrected chi connectivity index (χ2v) is 10.8. The van der Waals surface area contributed by atoms with Crippen LogP contribution in [0.4, 0.5) is 0 Å². The fraction of sp³-hybridized carbons (Fsp3) is 0.630. The van der Waals surface area contributed by atoms with Crippen molar-refractivity contribution in [3.05, 3.63) is 34.9 Å². The average molecular weight is 497 g/mol. The highest BCUT2D eigenvalue weighted by molar-refractivity contribution is 6.06. The first-order valence-corrected chi connectivity index (χ1v) is 13.2. The molecular weight excluding hydrogens is 460 g/mol. The summed E-state index contributed by atoms with van der Waals surface area (Å²) in [6.45, 7) is 9.09. The predicted octanol–water partition coefficient (Wildman–Crippen LogP) is 1.80. The van der Waals surface area contributed by atoms with E-state index in [9.17, 15) is 19.2 Å². The van der Waals surface area contributed by atoms with Gasteiger partial charge in [0.05, 0.1) is 12.2 Å². The third-order valence-electron chi connectivity index (χ3n) is 8.03. The van der Waals surface area contributed by atoms with E-state index < -0.39 is 11.9 Å². The number of amides is 4. The van der Waals surface area contributed by atoms with Gasteiger partial charge in [0.1, 0.15) is 6.04 Å². The minimum Gasteiger partial charge on any atom is -0.373 e. The first-order valence-electron chi connectivity index (χ1n) is 13.2. The van der Waals surface area contributed by atoms with Gasteiger partial charge in [-0.05, 0) is 69.7 Å². The molecule has 3 atom stereocenters. The maximum Gasteiger partial charge on any atom is 0.255 e. The lowest BCUT2D eigenvalue weighted by molar-refractivity contribution is -0.136. The Kier molecular flexibility index (Phi) is 7.12. The van der Waals surface area contributed by atoms with Gasteiger partial charge in [0.25, 0.3) is 11.8 Å². The number of morpholine rings is 1. The molecule has 3 fully saturated rings. The summed E-state index contributed by atoms with van der Waals surface area (Å²) in [5, 5.41) is 2.32. The molecule has 4 heterocycles. The lowest BCUT2D eigenvalue weighted by atomic mass is 9.92. The van der Waals surface area contributed by atoms with E-state index in [0.717, 1.165) is 57.5 Å². The second-order valence-electron chi connectivity index (χ2n) is 10.8. The molecule has 194 valence electrons. The van der Waals surface area contributed by atoms with Gasteiger partial charge in [-0.1, -0.05) is 6.07 Å². The Labute approximate surface area is 212 Å². The number of imide groups is 1. The van der Waals surface area contributed by atoms with E-state index in [2.05, 4.69) is 24.1 Å². The maximum atomic E-state index is 13.2. The number of ether oxygens (including phenoxy) is 1. The summed E-state index contributed by atoms with van der Waals surface area (Å²) in [6.07, 6.45) is 4.25. The van der Waals surface area contributed by atoms with Crippen molar-refractivity contribution in [3.8, 4) is 0 Å². The molecule has 4 aliphatic heterocycles. The number of hydrogen-bond acceptors (Lipinski definition) is 6. The highest BCUT2D eigenvalue weighted by Gasteiger charge is 2.39.